The van der Waals surface area contributed by atoms with Gasteiger partial charge in [-0.15, -0.1) is 0 Å². The van der Waals surface area contributed by atoms with Crippen LogP contribution < -0.4 is 4.74 Å². The van der Waals surface area contributed by atoms with Crippen LogP contribution in [-0.2, 0) is 11.2 Å². The normalized spacial score (nSPS) is 12.0. The molecule has 0 fully saturated rings. The van der Waals surface area contributed by atoms with E-state index in [0.717, 1.165) is 11.1 Å². The molecule has 5 heteroatoms. The van der Waals surface area contributed by atoms with Crippen molar-refractivity contribution in [1.82, 2.24) is 0 Å². The first-order chi connectivity index (χ1) is 9.97. The van der Waals surface area contributed by atoms with Gasteiger partial charge in [0.15, 0.2) is 6.10 Å². The molecule has 0 aliphatic rings. The third-order valence-corrected chi connectivity index (χ3v) is 3.78. The van der Waals surface area contributed by atoms with E-state index in [2.05, 4.69) is 0 Å². The molecule has 0 spiro atoms. The molecular weight excluding hydrogens is 311 g/mol. The van der Waals surface area contributed by atoms with Crippen LogP contribution in [0.15, 0.2) is 42.5 Å². The lowest BCUT2D eigenvalue weighted by Gasteiger charge is -2.17. The van der Waals surface area contributed by atoms with Crippen LogP contribution in [0.3, 0.4) is 0 Å². The Morgan fingerprint density at radius 1 is 1.24 bits per heavy atom. The number of aliphatic carboxylic acids is 1. The summed E-state index contributed by atoms with van der Waals surface area (Å²) in [5.41, 5.74) is 1.71. The highest BCUT2D eigenvalue weighted by Crippen LogP contribution is 2.23. The lowest BCUT2D eigenvalue weighted by atomic mass is 10.0. The third-order valence-electron chi connectivity index (χ3n) is 3.14. The molecule has 0 bridgehead atoms. The van der Waals surface area contributed by atoms with E-state index in [1.54, 1.807) is 36.4 Å². The van der Waals surface area contributed by atoms with Gasteiger partial charge in [0, 0.05) is 16.5 Å². The monoisotopic (exact) mass is 324 g/mol. The zero-order valence-electron chi connectivity index (χ0n) is 11.3. The largest absolute Gasteiger partial charge is 0.478 e. The Morgan fingerprint density at radius 3 is 2.62 bits per heavy atom. The van der Waals surface area contributed by atoms with Crippen LogP contribution in [0.5, 0.6) is 5.75 Å². The Kier molecular flexibility index (Phi) is 5.10. The highest BCUT2D eigenvalue weighted by molar-refractivity contribution is 6.31. The molecule has 0 aliphatic heterocycles. The van der Waals surface area contributed by atoms with Gasteiger partial charge in [0.2, 0.25) is 0 Å². The molecule has 0 aliphatic carbocycles. The van der Waals surface area contributed by atoms with E-state index >= 15 is 0 Å². The molecule has 0 heterocycles. The van der Waals surface area contributed by atoms with Gasteiger partial charge in [-0.3, -0.25) is 0 Å². The predicted octanol–water partition coefficient (Wildman–Crippen LogP) is 4.38. The number of hydrogen-bond acceptors (Lipinski definition) is 2. The maximum absolute atomic E-state index is 11.4. The number of carboxylic acid groups (broad SMARTS) is 1. The van der Waals surface area contributed by atoms with E-state index in [9.17, 15) is 9.90 Å². The average Bonchev–Trinajstić information content (AvgIpc) is 2.43. The SMILES string of the molecule is Cc1c(Cl)cccc1C[C@@H](Oc1cccc(Cl)c1)C(=O)O. The summed E-state index contributed by atoms with van der Waals surface area (Å²) in [5.74, 6) is -0.607. The second-order valence-electron chi connectivity index (χ2n) is 4.63. The minimum atomic E-state index is -1.03. The van der Waals surface area contributed by atoms with Crippen molar-refractivity contribution in [3.63, 3.8) is 0 Å². The van der Waals surface area contributed by atoms with Crippen LogP contribution in [0.4, 0.5) is 0 Å². The van der Waals surface area contributed by atoms with E-state index in [0.29, 0.717) is 15.8 Å². The number of ether oxygens (including phenoxy) is 1. The van der Waals surface area contributed by atoms with E-state index in [-0.39, 0.29) is 6.42 Å². The van der Waals surface area contributed by atoms with Crippen molar-refractivity contribution >= 4 is 29.2 Å². The van der Waals surface area contributed by atoms with Gasteiger partial charge < -0.3 is 9.84 Å². The second kappa shape index (κ2) is 6.83. The van der Waals surface area contributed by atoms with Crippen LogP contribution in [0.2, 0.25) is 10.0 Å². The zero-order valence-corrected chi connectivity index (χ0v) is 12.9. The predicted molar refractivity (Wildman–Crippen MR) is 83.4 cm³/mol. The number of carbonyl (C=O) groups is 1. The molecule has 110 valence electrons. The summed E-state index contributed by atoms with van der Waals surface area (Å²) >= 11 is 11.9. The minimum absolute atomic E-state index is 0.230. The van der Waals surface area contributed by atoms with Crippen molar-refractivity contribution in [2.75, 3.05) is 0 Å². The Hall–Kier alpha value is -1.71. The van der Waals surface area contributed by atoms with Crippen molar-refractivity contribution < 1.29 is 14.6 Å². The maximum Gasteiger partial charge on any atom is 0.345 e. The van der Waals surface area contributed by atoms with Crippen molar-refractivity contribution in [2.24, 2.45) is 0 Å². The van der Waals surface area contributed by atoms with Gasteiger partial charge >= 0.3 is 5.97 Å². The van der Waals surface area contributed by atoms with Crippen LogP contribution >= 0.6 is 23.2 Å². The van der Waals surface area contributed by atoms with Gasteiger partial charge in [-0.2, -0.15) is 0 Å². The maximum atomic E-state index is 11.4. The first kappa shape index (κ1) is 15.7. The number of halogens is 2. The number of rotatable bonds is 5. The first-order valence-electron chi connectivity index (χ1n) is 6.36. The molecular formula is C16H14Cl2O3. The molecule has 1 atom stereocenters. The zero-order chi connectivity index (χ0) is 15.4. The Balaban J connectivity index is 2.20. The fourth-order valence-corrected chi connectivity index (χ4v) is 2.33. The molecule has 0 saturated heterocycles. The Morgan fingerprint density at radius 2 is 1.95 bits per heavy atom. The third kappa shape index (κ3) is 4.13. The summed E-state index contributed by atoms with van der Waals surface area (Å²) in [6, 6.07) is 12.1. The fraction of sp³-hybridized carbons (Fsp3) is 0.188. The Bertz CT molecular complexity index is 656. The highest BCUT2D eigenvalue weighted by atomic mass is 35.5. The van der Waals surface area contributed by atoms with Crippen LogP contribution in [0, 0.1) is 6.92 Å². The van der Waals surface area contributed by atoms with E-state index < -0.39 is 12.1 Å². The van der Waals surface area contributed by atoms with Crippen molar-refractivity contribution in [3.05, 3.63) is 63.6 Å². The molecule has 1 N–H and O–H groups in total. The molecule has 21 heavy (non-hydrogen) atoms. The van der Waals surface area contributed by atoms with Gasteiger partial charge in [0.05, 0.1) is 0 Å². The van der Waals surface area contributed by atoms with Gasteiger partial charge in [-0.05, 0) is 42.3 Å². The quantitative estimate of drug-likeness (QED) is 0.887. The molecule has 0 saturated carbocycles. The molecule has 2 aromatic rings. The molecule has 0 amide bonds. The summed E-state index contributed by atoms with van der Waals surface area (Å²) in [6.45, 7) is 1.86. The van der Waals surface area contributed by atoms with Crippen molar-refractivity contribution in [1.29, 1.82) is 0 Å². The van der Waals surface area contributed by atoms with E-state index in [4.69, 9.17) is 27.9 Å². The summed E-state index contributed by atoms with van der Waals surface area (Å²) < 4.78 is 5.53. The minimum Gasteiger partial charge on any atom is -0.478 e. The topological polar surface area (TPSA) is 46.5 Å². The highest BCUT2D eigenvalue weighted by Gasteiger charge is 2.21. The number of benzene rings is 2. The van der Waals surface area contributed by atoms with Gasteiger partial charge in [0.25, 0.3) is 0 Å². The molecule has 0 radical (unpaired) electrons. The van der Waals surface area contributed by atoms with E-state index in [1.165, 1.54) is 0 Å². The standard InChI is InChI=1S/C16H14Cl2O3/c1-10-11(4-2-7-14(10)18)8-15(16(19)20)21-13-6-3-5-12(17)9-13/h2-7,9,15H,8H2,1H3,(H,19,20)/t15-/m1/s1. The molecule has 2 rings (SSSR count). The first-order valence-corrected chi connectivity index (χ1v) is 7.12. The van der Waals surface area contributed by atoms with E-state index in [1.807, 2.05) is 13.0 Å². The molecule has 2 aromatic carbocycles. The number of hydrogen-bond donors (Lipinski definition) is 1. The lowest BCUT2D eigenvalue weighted by Crippen LogP contribution is -2.29. The Labute approximate surface area is 133 Å². The summed E-state index contributed by atoms with van der Waals surface area (Å²) in [5, 5.41) is 10.4. The summed E-state index contributed by atoms with van der Waals surface area (Å²) in [4.78, 5) is 11.4. The number of carboxylic acids is 1. The molecule has 0 unspecified atom stereocenters. The molecule has 3 nitrogen and oxygen atoms in total. The average molecular weight is 325 g/mol. The lowest BCUT2D eigenvalue weighted by molar-refractivity contribution is -0.145. The van der Waals surface area contributed by atoms with Gasteiger partial charge in [0.1, 0.15) is 5.75 Å². The smallest absolute Gasteiger partial charge is 0.345 e. The van der Waals surface area contributed by atoms with Crippen LogP contribution in [0.1, 0.15) is 11.1 Å². The van der Waals surface area contributed by atoms with Crippen molar-refractivity contribution in [2.45, 2.75) is 19.4 Å². The van der Waals surface area contributed by atoms with Gasteiger partial charge in [-0.1, -0.05) is 41.4 Å². The molecule has 0 aromatic heterocycles. The van der Waals surface area contributed by atoms with Gasteiger partial charge in [-0.25, -0.2) is 4.79 Å². The fourth-order valence-electron chi connectivity index (χ4n) is 1.96. The van der Waals surface area contributed by atoms with Crippen LogP contribution in [-0.4, -0.2) is 17.2 Å². The van der Waals surface area contributed by atoms with Crippen LogP contribution in [0.25, 0.3) is 0 Å². The summed E-state index contributed by atoms with van der Waals surface area (Å²) in [7, 11) is 0. The van der Waals surface area contributed by atoms with Crippen molar-refractivity contribution in [3.8, 4) is 5.75 Å². The summed E-state index contributed by atoms with van der Waals surface area (Å²) in [6.07, 6.45) is -0.769. The second-order valence-corrected chi connectivity index (χ2v) is 5.47.